The number of aromatic nitrogens is 1. The van der Waals surface area contributed by atoms with Gasteiger partial charge in [0.15, 0.2) is 0 Å². The zero-order chi connectivity index (χ0) is 16.8. The summed E-state index contributed by atoms with van der Waals surface area (Å²) in [5.41, 5.74) is 5.00. The van der Waals surface area contributed by atoms with Crippen LogP contribution in [0.2, 0.25) is 0 Å². The van der Waals surface area contributed by atoms with Crippen molar-refractivity contribution in [1.29, 1.82) is 0 Å². The van der Waals surface area contributed by atoms with Gasteiger partial charge in [0.05, 0.1) is 5.69 Å². The largest absolute Gasteiger partial charge is 0.348 e. The number of aryl methyl sites for hydroxylation is 1. The van der Waals surface area contributed by atoms with E-state index in [-0.39, 0.29) is 5.91 Å². The topological polar surface area (TPSA) is 42.0 Å². The molecule has 3 rings (SSSR count). The number of hydrogen-bond acceptors (Lipinski definition) is 3. The molecule has 2 aromatic heterocycles. The van der Waals surface area contributed by atoms with Crippen molar-refractivity contribution in [3.8, 4) is 11.3 Å². The fraction of sp³-hybridized carbons (Fsp3) is 0.200. The predicted octanol–water partition coefficient (Wildman–Crippen LogP) is 4.69. The number of rotatable bonds is 6. The molecule has 0 spiro atoms. The van der Waals surface area contributed by atoms with E-state index in [0.29, 0.717) is 12.1 Å². The average molecular weight is 336 g/mol. The molecule has 24 heavy (non-hydrogen) atoms. The number of carbonyl (C=O) groups is 1. The van der Waals surface area contributed by atoms with Crippen molar-refractivity contribution in [3.05, 3.63) is 76.1 Å². The van der Waals surface area contributed by atoms with Crippen LogP contribution in [0.3, 0.4) is 0 Å². The SMILES string of the molecule is CCCc1ccc(C(=O)NCc2cccnc2-c2ccsc2)cc1. The number of amides is 1. The number of nitrogens with zero attached hydrogens (tertiary/aromatic N) is 1. The molecule has 0 fully saturated rings. The third-order valence-electron chi connectivity index (χ3n) is 3.88. The quantitative estimate of drug-likeness (QED) is 0.709. The molecule has 0 saturated carbocycles. The molecule has 3 aromatic rings. The fourth-order valence-corrected chi connectivity index (χ4v) is 3.27. The van der Waals surface area contributed by atoms with Crippen LogP contribution in [0.1, 0.15) is 34.8 Å². The molecule has 3 nitrogen and oxygen atoms in total. The smallest absolute Gasteiger partial charge is 0.251 e. The van der Waals surface area contributed by atoms with E-state index in [2.05, 4.69) is 22.6 Å². The number of pyridine rings is 1. The van der Waals surface area contributed by atoms with Crippen molar-refractivity contribution in [2.45, 2.75) is 26.3 Å². The Balaban J connectivity index is 1.69. The van der Waals surface area contributed by atoms with Crippen molar-refractivity contribution in [1.82, 2.24) is 10.3 Å². The molecule has 0 radical (unpaired) electrons. The summed E-state index contributed by atoms with van der Waals surface area (Å²) in [5.74, 6) is -0.0572. The standard InChI is InChI=1S/C20H20N2OS/c1-2-4-15-6-8-16(9-7-15)20(23)22-13-17-5-3-11-21-19(17)18-10-12-24-14-18/h3,5-12,14H,2,4,13H2,1H3,(H,22,23). The molecule has 0 aliphatic heterocycles. The van der Waals surface area contributed by atoms with Crippen molar-refractivity contribution >= 4 is 17.2 Å². The molecule has 0 saturated heterocycles. The van der Waals surface area contributed by atoms with Crippen LogP contribution in [0.5, 0.6) is 0 Å². The molecule has 0 atom stereocenters. The highest BCUT2D eigenvalue weighted by Crippen LogP contribution is 2.23. The Morgan fingerprint density at radius 3 is 2.71 bits per heavy atom. The number of benzene rings is 1. The van der Waals surface area contributed by atoms with E-state index in [1.165, 1.54) is 5.56 Å². The number of hydrogen-bond donors (Lipinski definition) is 1. The Kier molecular flexibility index (Phi) is 5.39. The van der Waals surface area contributed by atoms with Gasteiger partial charge < -0.3 is 5.32 Å². The summed E-state index contributed by atoms with van der Waals surface area (Å²) in [6.45, 7) is 2.62. The summed E-state index contributed by atoms with van der Waals surface area (Å²) in [6, 6.07) is 13.8. The molecule has 4 heteroatoms. The van der Waals surface area contributed by atoms with E-state index >= 15 is 0 Å². The maximum atomic E-state index is 12.4. The minimum absolute atomic E-state index is 0.0572. The normalized spacial score (nSPS) is 10.5. The first kappa shape index (κ1) is 16.4. The third kappa shape index (κ3) is 3.89. The van der Waals surface area contributed by atoms with Gasteiger partial charge in [-0.15, -0.1) is 0 Å². The van der Waals surface area contributed by atoms with Gasteiger partial charge in [-0.1, -0.05) is 31.5 Å². The highest BCUT2D eigenvalue weighted by Gasteiger charge is 2.09. The zero-order valence-electron chi connectivity index (χ0n) is 13.7. The van der Waals surface area contributed by atoms with Gasteiger partial charge >= 0.3 is 0 Å². The lowest BCUT2D eigenvalue weighted by molar-refractivity contribution is 0.0951. The Bertz CT molecular complexity index is 795. The Labute approximate surface area is 146 Å². The van der Waals surface area contributed by atoms with Gasteiger partial charge in [0.2, 0.25) is 0 Å². The van der Waals surface area contributed by atoms with Crippen molar-refractivity contribution in [3.63, 3.8) is 0 Å². The number of nitrogens with one attached hydrogen (secondary N) is 1. The molecule has 0 aliphatic rings. The van der Waals surface area contributed by atoms with E-state index < -0.39 is 0 Å². The van der Waals surface area contributed by atoms with E-state index in [1.54, 1.807) is 17.5 Å². The van der Waals surface area contributed by atoms with Crippen LogP contribution in [0.15, 0.2) is 59.4 Å². The van der Waals surface area contributed by atoms with Crippen molar-refractivity contribution < 1.29 is 4.79 Å². The summed E-state index contributed by atoms with van der Waals surface area (Å²) < 4.78 is 0. The lowest BCUT2D eigenvalue weighted by atomic mass is 10.1. The van der Waals surface area contributed by atoms with Gasteiger partial charge in [-0.25, -0.2) is 0 Å². The minimum Gasteiger partial charge on any atom is -0.348 e. The molecule has 1 amide bonds. The van der Waals surface area contributed by atoms with Crippen LogP contribution in [-0.2, 0) is 13.0 Å². The first-order valence-corrected chi connectivity index (χ1v) is 9.06. The van der Waals surface area contributed by atoms with E-state index in [1.807, 2.05) is 47.8 Å². The summed E-state index contributed by atoms with van der Waals surface area (Å²) in [4.78, 5) is 16.8. The van der Waals surface area contributed by atoms with Gasteiger partial charge in [-0.05, 0) is 47.2 Å². The molecule has 2 heterocycles. The van der Waals surface area contributed by atoms with Gasteiger partial charge in [-0.3, -0.25) is 9.78 Å². The highest BCUT2D eigenvalue weighted by molar-refractivity contribution is 7.08. The summed E-state index contributed by atoms with van der Waals surface area (Å²) in [5, 5.41) is 7.10. The van der Waals surface area contributed by atoms with Crippen LogP contribution in [0.4, 0.5) is 0 Å². The van der Waals surface area contributed by atoms with Crippen LogP contribution in [-0.4, -0.2) is 10.9 Å². The van der Waals surface area contributed by atoms with Crippen molar-refractivity contribution in [2.24, 2.45) is 0 Å². The molecular weight excluding hydrogens is 316 g/mol. The average Bonchev–Trinajstić information content (AvgIpc) is 3.15. The van der Waals surface area contributed by atoms with Gasteiger partial charge in [0.1, 0.15) is 0 Å². The van der Waals surface area contributed by atoms with Crippen LogP contribution in [0.25, 0.3) is 11.3 Å². The molecule has 1 aromatic carbocycles. The maximum Gasteiger partial charge on any atom is 0.251 e. The molecule has 0 aliphatic carbocycles. The van der Waals surface area contributed by atoms with Crippen molar-refractivity contribution in [2.75, 3.05) is 0 Å². The summed E-state index contributed by atoms with van der Waals surface area (Å²) in [6.07, 6.45) is 3.93. The molecular formula is C20H20N2OS. The second-order valence-corrected chi connectivity index (χ2v) is 6.43. The minimum atomic E-state index is -0.0572. The summed E-state index contributed by atoms with van der Waals surface area (Å²) >= 11 is 1.64. The summed E-state index contributed by atoms with van der Waals surface area (Å²) in [7, 11) is 0. The molecule has 122 valence electrons. The predicted molar refractivity (Wildman–Crippen MR) is 99.2 cm³/mol. The molecule has 0 unspecified atom stereocenters. The first-order chi connectivity index (χ1) is 11.8. The Morgan fingerprint density at radius 2 is 2.00 bits per heavy atom. The van der Waals surface area contributed by atoms with E-state index in [9.17, 15) is 4.79 Å². The Hall–Kier alpha value is -2.46. The third-order valence-corrected chi connectivity index (χ3v) is 4.56. The second kappa shape index (κ2) is 7.88. The van der Waals surface area contributed by atoms with Gasteiger partial charge in [0, 0.05) is 29.2 Å². The monoisotopic (exact) mass is 336 g/mol. The zero-order valence-corrected chi connectivity index (χ0v) is 14.5. The number of carbonyl (C=O) groups excluding carboxylic acids is 1. The van der Waals surface area contributed by atoms with Gasteiger partial charge in [-0.2, -0.15) is 11.3 Å². The highest BCUT2D eigenvalue weighted by atomic mass is 32.1. The van der Waals surface area contributed by atoms with Crippen LogP contribution in [0, 0.1) is 0 Å². The lowest BCUT2D eigenvalue weighted by Gasteiger charge is -2.09. The first-order valence-electron chi connectivity index (χ1n) is 8.11. The molecule has 1 N–H and O–H groups in total. The second-order valence-electron chi connectivity index (χ2n) is 5.65. The van der Waals surface area contributed by atoms with Gasteiger partial charge in [0.25, 0.3) is 5.91 Å². The fourth-order valence-electron chi connectivity index (χ4n) is 2.63. The maximum absolute atomic E-state index is 12.4. The molecule has 0 bridgehead atoms. The Morgan fingerprint density at radius 1 is 1.17 bits per heavy atom. The van der Waals surface area contributed by atoms with Crippen LogP contribution >= 0.6 is 11.3 Å². The lowest BCUT2D eigenvalue weighted by Crippen LogP contribution is -2.23. The van der Waals surface area contributed by atoms with E-state index in [4.69, 9.17) is 0 Å². The van der Waals surface area contributed by atoms with Crippen LogP contribution < -0.4 is 5.32 Å². The number of thiophene rings is 1. The van der Waals surface area contributed by atoms with E-state index in [0.717, 1.165) is 29.7 Å².